The van der Waals surface area contributed by atoms with Crippen molar-refractivity contribution in [3.05, 3.63) is 58.4 Å². The van der Waals surface area contributed by atoms with Crippen molar-refractivity contribution >= 4 is 34.5 Å². The molecule has 6 nitrogen and oxygen atoms in total. The summed E-state index contributed by atoms with van der Waals surface area (Å²) >= 11 is 1.65. The van der Waals surface area contributed by atoms with Gasteiger partial charge in [0.25, 0.3) is 5.91 Å². The lowest BCUT2D eigenvalue weighted by atomic mass is 10.0. The molecule has 0 saturated carbocycles. The molecular formula is C25H25N3O3S. The number of anilines is 2. The number of carbonyl (C=O) groups is 2. The quantitative estimate of drug-likeness (QED) is 0.579. The third-order valence-electron chi connectivity index (χ3n) is 5.92. The maximum absolute atomic E-state index is 13.3. The number of amides is 2. The van der Waals surface area contributed by atoms with Crippen molar-refractivity contribution < 1.29 is 14.3 Å². The van der Waals surface area contributed by atoms with Gasteiger partial charge in [0.1, 0.15) is 12.3 Å². The molecule has 2 amide bonds. The second-order valence-corrected chi connectivity index (χ2v) is 9.05. The largest absolute Gasteiger partial charge is 0.482 e. The number of hydrogen-bond donors (Lipinski definition) is 0. The fourth-order valence-electron chi connectivity index (χ4n) is 4.32. The zero-order valence-corrected chi connectivity index (χ0v) is 18.9. The Kier molecular flexibility index (Phi) is 5.66. The fraction of sp³-hybridized carbons (Fsp3) is 0.320. The maximum Gasteiger partial charge on any atom is 0.265 e. The number of rotatable bonds is 5. The zero-order valence-electron chi connectivity index (χ0n) is 18.0. The highest BCUT2D eigenvalue weighted by atomic mass is 32.1. The second-order valence-electron chi connectivity index (χ2n) is 8.11. The number of benzene rings is 2. The van der Waals surface area contributed by atoms with E-state index in [1.807, 2.05) is 46.7 Å². The molecule has 0 N–H and O–H groups in total. The first-order chi connectivity index (χ1) is 15.6. The summed E-state index contributed by atoms with van der Waals surface area (Å²) in [6.45, 7) is 2.73. The Morgan fingerprint density at radius 1 is 1.19 bits per heavy atom. The molecule has 32 heavy (non-hydrogen) atoms. The number of ether oxygens (including phenoxy) is 1. The Bertz CT molecular complexity index is 1170. The van der Waals surface area contributed by atoms with Crippen molar-refractivity contribution in [1.82, 2.24) is 4.98 Å². The molecule has 0 radical (unpaired) electrons. The van der Waals surface area contributed by atoms with E-state index in [9.17, 15) is 9.59 Å². The number of para-hydroxylation sites is 1. The lowest BCUT2D eigenvalue weighted by Gasteiger charge is -2.33. The molecule has 0 fully saturated rings. The summed E-state index contributed by atoms with van der Waals surface area (Å²) in [5.41, 5.74) is 4.55. The number of aromatic nitrogens is 1. The molecule has 0 unspecified atom stereocenters. The van der Waals surface area contributed by atoms with Crippen LogP contribution in [-0.2, 0) is 22.4 Å². The van der Waals surface area contributed by atoms with Gasteiger partial charge in [0, 0.05) is 23.2 Å². The van der Waals surface area contributed by atoms with Gasteiger partial charge in [0.05, 0.1) is 16.4 Å². The van der Waals surface area contributed by atoms with Gasteiger partial charge >= 0.3 is 0 Å². The Labute approximate surface area is 191 Å². The second kappa shape index (κ2) is 8.74. The molecular weight excluding hydrogens is 422 g/mol. The van der Waals surface area contributed by atoms with Gasteiger partial charge in [-0.15, -0.1) is 11.3 Å². The number of aryl methyl sites for hydroxylation is 2. The Balaban J connectivity index is 1.43. The molecule has 2 aliphatic heterocycles. The smallest absolute Gasteiger partial charge is 0.265 e. The zero-order chi connectivity index (χ0) is 22.1. The van der Waals surface area contributed by atoms with Gasteiger partial charge in [0.2, 0.25) is 5.91 Å². The van der Waals surface area contributed by atoms with E-state index in [0.717, 1.165) is 47.6 Å². The van der Waals surface area contributed by atoms with Crippen LogP contribution in [0.4, 0.5) is 11.4 Å². The van der Waals surface area contributed by atoms with Crippen molar-refractivity contribution in [3.63, 3.8) is 0 Å². The van der Waals surface area contributed by atoms with E-state index in [4.69, 9.17) is 9.72 Å². The van der Waals surface area contributed by atoms with Crippen molar-refractivity contribution in [3.8, 4) is 17.0 Å². The van der Waals surface area contributed by atoms with Crippen LogP contribution in [-0.4, -0.2) is 36.5 Å². The molecule has 1 aromatic heterocycles. The van der Waals surface area contributed by atoms with Gasteiger partial charge in [-0.3, -0.25) is 14.5 Å². The van der Waals surface area contributed by atoms with E-state index in [2.05, 4.69) is 13.0 Å². The predicted octanol–water partition coefficient (Wildman–Crippen LogP) is 4.47. The van der Waals surface area contributed by atoms with E-state index in [1.54, 1.807) is 16.2 Å². The first-order valence-electron chi connectivity index (χ1n) is 11.0. The van der Waals surface area contributed by atoms with Gasteiger partial charge in [0.15, 0.2) is 6.61 Å². The predicted molar refractivity (Wildman–Crippen MR) is 127 cm³/mol. The molecule has 5 rings (SSSR count). The van der Waals surface area contributed by atoms with Crippen LogP contribution in [0.25, 0.3) is 11.3 Å². The Hall–Kier alpha value is -3.19. The van der Waals surface area contributed by atoms with E-state index >= 15 is 0 Å². The molecule has 7 heteroatoms. The standard InChI is InChI=1S/C25H25N3O3S/c1-2-6-23-26-19(16-32-23)18-10-11-22-21(13-18)28(25(30)15-31-22)14-24(29)27-12-5-8-17-7-3-4-9-20(17)27/h3-4,7,9-11,13,16H,2,5-6,8,12,14-15H2,1H3. The highest BCUT2D eigenvalue weighted by molar-refractivity contribution is 7.09. The van der Waals surface area contributed by atoms with Crippen molar-refractivity contribution in [2.24, 2.45) is 0 Å². The summed E-state index contributed by atoms with van der Waals surface area (Å²) in [6.07, 6.45) is 3.89. The SMILES string of the molecule is CCCc1nc(-c2ccc3c(c2)N(CC(=O)N2CCCc4ccccc42)C(=O)CO3)cs1. The van der Waals surface area contributed by atoms with Crippen molar-refractivity contribution in [1.29, 1.82) is 0 Å². The minimum atomic E-state index is -0.210. The van der Waals surface area contributed by atoms with E-state index in [-0.39, 0.29) is 25.0 Å². The van der Waals surface area contributed by atoms with E-state index in [0.29, 0.717) is 18.0 Å². The number of thiazole rings is 1. The first kappa shape index (κ1) is 20.7. The molecule has 3 aromatic rings. The molecule has 2 aromatic carbocycles. The molecule has 0 saturated heterocycles. The number of nitrogens with zero attached hydrogens (tertiary/aromatic N) is 3. The summed E-state index contributed by atoms with van der Waals surface area (Å²) in [5, 5.41) is 3.14. The summed E-state index contributed by atoms with van der Waals surface area (Å²) < 4.78 is 5.65. The number of hydrogen-bond acceptors (Lipinski definition) is 5. The first-order valence-corrected chi connectivity index (χ1v) is 11.9. The van der Waals surface area contributed by atoms with Gasteiger partial charge < -0.3 is 9.64 Å². The maximum atomic E-state index is 13.3. The molecule has 0 spiro atoms. The van der Waals surface area contributed by atoms with Crippen molar-refractivity contribution in [2.75, 3.05) is 29.5 Å². The molecule has 0 bridgehead atoms. The number of fused-ring (bicyclic) bond motifs is 2. The van der Waals surface area contributed by atoms with Crippen LogP contribution in [0.5, 0.6) is 5.75 Å². The normalized spacial score (nSPS) is 15.2. The Morgan fingerprint density at radius 3 is 2.94 bits per heavy atom. The van der Waals surface area contributed by atoms with Crippen LogP contribution in [0.3, 0.4) is 0 Å². The highest BCUT2D eigenvalue weighted by Crippen LogP contribution is 2.37. The van der Waals surface area contributed by atoms with E-state index in [1.165, 1.54) is 5.56 Å². The topological polar surface area (TPSA) is 62.7 Å². The lowest BCUT2D eigenvalue weighted by Crippen LogP contribution is -2.47. The average molecular weight is 448 g/mol. The molecule has 0 aliphatic carbocycles. The lowest BCUT2D eigenvalue weighted by molar-refractivity contribution is -0.124. The van der Waals surface area contributed by atoms with Crippen LogP contribution in [0.15, 0.2) is 47.8 Å². The summed E-state index contributed by atoms with van der Waals surface area (Å²) in [6, 6.07) is 13.7. The summed E-state index contributed by atoms with van der Waals surface area (Å²) in [4.78, 5) is 34.2. The fourth-order valence-corrected chi connectivity index (χ4v) is 5.23. The minimum Gasteiger partial charge on any atom is -0.482 e. The van der Waals surface area contributed by atoms with Gasteiger partial charge in [-0.1, -0.05) is 25.1 Å². The van der Waals surface area contributed by atoms with Crippen molar-refractivity contribution in [2.45, 2.75) is 32.6 Å². The summed E-state index contributed by atoms with van der Waals surface area (Å²) in [7, 11) is 0. The van der Waals surface area contributed by atoms with Gasteiger partial charge in [-0.2, -0.15) is 0 Å². The molecule has 164 valence electrons. The number of carbonyl (C=O) groups excluding carboxylic acids is 2. The van der Waals surface area contributed by atoms with Gasteiger partial charge in [-0.25, -0.2) is 4.98 Å². The van der Waals surface area contributed by atoms with E-state index < -0.39 is 0 Å². The molecule has 2 aliphatic rings. The highest BCUT2D eigenvalue weighted by Gasteiger charge is 2.31. The van der Waals surface area contributed by atoms with Gasteiger partial charge in [-0.05, 0) is 55.5 Å². The Morgan fingerprint density at radius 2 is 2.06 bits per heavy atom. The molecule has 0 atom stereocenters. The molecule has 3 heterocycles. The van der Waals surface area contributed by atoms with Crippen LogP contribution >= 0.6 is 11.3 Å². The average Bonchev–Trinajstić information content (AvgIpc) is 3.29. The van der Waals surface area contributed by atoms with Crippen LogP contribution in [0.1, 0.15) is 30.3 Å². The third kappa shape index (κ3) is 3.88. The monoisotopic (exact) mass is 447 g/mol. The third-order valence-corrected chi connectivity index (χ3v) is 6.83. The summed E-state index contributed by atoms with van der Waals surface area (Å²) in [5.74, 6) is 0.324. The van der Waals surface area contributed by atoms with Crippen LogP contribution < -0.4 is 14.5 Å². The van der Waals surface area contributed by atoms with Crippen LogP contribution in [0, 0.1) is 0 Å². The minimum absolute atomic E-state index is 0.00880. The van der Waals surface area contributed by atoms with Crippen LogP contribution in [0.2, 0.25) is 0 Å².